The highest BCUT2D eigenvalue weighted by Gasteiger charge is 1.93. The zero-order chi connectivity index (χ0) is 19.7. The van der Waals surface area contributed by atoms with Gasteiger partial charge in [-0.3, -0.25) is 0 Å². The van der Waals surface area contributed by atoms with Crippen molar-refractivity contribution in [2.45, 2.75) is 129 Å². The molecule has 0 atom stereocenters. The van der Waals surface area contributed by atoms with E-state index >= 15 is 0 Å². The third-order valence-electron chi connectivity index (χ3n) is 5.16. The first-order valence-electron chi connectivity index (χ1n) is 12.0. The number of ether oxygens (including phenoxy) is 1. The van der Waals surface area contributed by atoms with Crippen molar-refractivity contribution in [3.63, 3.8) is 0 Å². The van der Waals surface area contributed by atoms with E-state index in [4.69, 9.17) is 9.84 Å². The summed E-state index contributed by atoms with van der Waals surface area (Å²) in [6.45, 7) is 3.16. The second-order valence-electron chi connectivity index (χ2n) is 7.86. The summed E-state index contributed by atoms with van der Waals surface area (Å²) in [7, 11) is 0. The predicted molar refractivity (Wildman–Crippen MR) is 120 cm³/mol. The average Bonchev–Trinajstić information content (AvgIpc) is 2.68. The van der Waals surface area contributed by atoms with Gasteiger partial charge in [0.05, 0.1) is 19.1 Å². The van der Waals surface area contributed by atoms with Crippen LogP contribution in [-0.4, -0.2) is 11.7 Å². The highest BCUT2D eigenvalue weighted by molar-refractivity contribution is 4.73. The Bertz CT molecular complexity index is 309. The van der Waals surface area contributed by atoms with Gasteiger partial charge < -0.3 is 9.84 Å². The molecule has 0 unspecified atom stereocenters. The van der Waals surface area contributed by atoms with Crippen LogP contribution in [0.25, 0.3) is 0 Å². The van der Waals surface area contributed by atoms with Crippen molar-refractivity contribution >= 4 is 0 Å². The van der Waals surface area contributed by atoms with Gasteiger partial charge in [0.1, 0.15) is 0 Å². The summed E-state index contributed by atoms with van der Waals surface area (Å²) in [6.07, 6.45) is 32.2. The fourth-order valence-electron chi connectivity index (χ4n) is 3.36. The van der Waals surface area contributed by atoms with E-state index in [1.807, 2.05) is 12.3 Å². The summed E-state index contributed by atoms with van der Waals surface area (Å²) in [5.74, 6) is 0. The molecule has 0 radical (unpaired) electrons. The molecule has 1 N–H and O–H groups in total. The Morgan fingerprint density at radius 3 is 1.52 bits per heavy atom. The van der Waals surface area contributed by atoms with Crippen LogP contribution < -0.4 is 0 Å². The SMILES string of the molecule is CCCCCCCCCCC=COCCCCCCCCCCCC=CO. The Kier molecular flexibility index (Phi) is 24.2. The Labute approximate surface area is 170 Å². The normalized spacial score (nSPS) is 11.7. The zero-order valence-corrected chi connectivity index (χ0v) is 18.3. The van der Waals surface area contributed by atoms with Crippen LogP contribution in [0, 0.1) is 0 Å². The molecule has 0 aromatic heterocycles. The molecule has 0 heterocycles. The third kappa shape index (κ3) is 25.1. The van der Waals surface area contributed by atoms with Crippen LogP contribution in [0.3, 0.4) is 0 Å². The molecule has 0 aliphatic rings. The molecule has 0 saturated heterocycles. The number of unbranched alkanes of at least 4 members (excludes halogenated alkanes) is 17. The van der Waals surface area contributed by atoms with Crippen molar-refractivity contribution in [1.29, 1.82) is 0 Å². The van der Waals surface area contributed by atoms with Crippen LogP contribution >= 0.6 is 0 Å². The lowest BCUT2D eigenvalue weighted by molar-refractivity contribution is 0.239. The van der Waals surface area contributed by atoms with Gasteiger partial charge in [0, 0.05) is 0 Å². The fraction of sp³-hybridized carbons (Fsp3) is 0.840. The number of hydrogen-bond donors (Lipinski definition) is 1. The lowest BCUT2D eigenvalue weighted by Gasteiger charge is -2.03. The molecule has 0 aliphatic heterocycles. The van der Waals surface area contributed by atoms with E-state index < -0.39 is 0 Å². The first-order valence-corrected chi connectivity index (χ1v) is 12.0. The Morgan fingerprint density at radius 1 is 0.556 bits per heavy atom. The molecule has 0 bridgehead atoms. The van der Waals surface area contributed by atoms with Gasteiger partial charge >= 0.3 is 0 Å². The minimum absolute atomic E-state index is 0.881. The first-order chi connectivity index (χ1) is 13.4. The van der Waals surface area contributed by atoms with E-state index in [9.17, 15) is 0 Å². The van der Waals surface area contributed by atoms with E-state index in [2.05, 4.69) is 13.0 Å². The molecule has 0 spiro atoms. The van der Waals surface area contributed by atoms with Gasteiger partial charge in [-0.2, -0.15) is 0 Å². The smallest absolute Gasteiger partial charge is 0.0873 e. The second kappa shape index (κ2) is 25.1. The molecular formula is C25H48O2. The third-order valence-corrected chi connectivity index (χ3v) is 5.16. The standard InChI is InChI=1S/C25H48O2/c1-2-3-4-5-6-7-12-15-18-21-24-27-25-22-19-16-13-10-8-9-11-14-17-20-23-26/h20-21,23-24,26H,2-19,22,25H2,1H3. The number of aliphatic hydroxyl groups is 1. The highest BCUT2D eigenvalue weighted by atomic mass is 16.5. The summed E-state index contributed by atoms with van der Waals surface area (Å²) in [5, 5.41) is 8.54. The summed E-state index contributed by atoms with van der Waals surface area (Å²) in [5.41, 5.74) is 0. The number of hydrogen-bond acceptors (Lipinski definition) is 2. The van der Waals surface area contributed by atoms with Crippen molar-refractivity contribution in [3.05, 3.63) is 24.7 Å². The maximum Gasteiger partial charge on any atom is 0.0873 e. The van der Waals surface area contributed by atoms with Crippen LogP contribution in [0.2, 0.25) is 0 Å². The van der Waals surface area contributed by atoms with E-state index in [0.717, 1.165) is 19.3 Å². The van der Waals surface area contributed by atoms with Crippen LogP contribution in [0.1, 0.15) is 129 Å². The Hall–Kier alpha value is -0.920. The van der Waals surface area contributed by atoms with Crippen LogP contribution in [0.5, 0.6) is 0 Å². The molecule has 160 valence electrons. The summed E-state index contributed by atoms with van der Waals surface area (Å²) < 4.78 is 5.59. The monoisotopic (exact) mass is 380 g/mol. The first kappa shape index (κ1) is 26.1. The van der Waals surface area contributed by atoms with Crippen LogP contribution in [0.15, 0.2) is 24.7 Å². The molecule has 0 saturated carbocycles. The maximum absolute atomic E-state index is 8.54. The number of allylic oxidation sites excluding steroid dienone is 2. The summed E-state index contributed by atoms with van der Waals surface area (Å²) in [4.78, 5) is 0. The van der Waals surface area contributed by atoms with Gasteiger partial charge in [0.15, 0.2) is 0 Å². The minimum Gasteiger partial charge on any atom is -0.516 e. The fourth-order valence-corrected chi connectivity index (χ4v) is 3.36. The van der Waals surface area contributed by atoms with Crippen molar-refractivity contribution in [1.82, 2.24) is 0 Å². The van der Waals surface area contributed by atoms with E-state index in [1.54, 1.807) is 0 Å². The van der Waals surface area contributed by atoms with Crippen molar-refractivity contribution in [3.8, 4) is 0 Å². The molecule has 0 aromatic rings. The largest absolute Gasteiger partial charge is 0.516 e. The van der Waals surface area contributed by atoms with Gasteiger partial charge in [0.2, 0.25) is 0 Å². The summed E-state index contributed by atoms with van der Waals surface area (Å²) >= 11 is 0. The highest BCUT2D eigenvalue weighted by Crippen LogP contribution is 2.11. The topological polar surface area (TPSA) is 29.5 Å². The van der Waals surface area contributed by atoms with Gasteiger partial charge in [-0.15, -0.1) is 0 Å². The second-order valence-corrected chi connectivity index (χ2v) is 7.86. The van der Waals surface area contributed by atoms with Gasteiger partial charge in [0.25, 0.3) is 0 Å². The van der Waals surface area contributed by atoms with E-state index in [1.165, 1.54) is 116 Å². The summed E-state index contributed by atoms with van der Waals surface area (Å²) in [6, 6.07) is 0. The van der Waals surface area contributed by atoms with Gasteiger partial charge in [-0.25, -0.2) is 0 Å². The Morgan fingerprint density at radius 2 is 1.00 bits per heavy atom. The number of aliphatic hydroxyl groups excluding tert-OH is 1. The lowest BCUT2D eigenvalue weighted by atomic mass is 10.1. The molecule has 2 heteroatoms. The molecular weight excluding hydrogens is 332 g/mol. The van der Waals surface area contributed by atoms with E-state index in [0.29, 0.717) is 0 Å². The quantitative estimate of drug-likeness (QED) is 0.150. The predicted octanol–water partition coefficient (Wildman–Crippen LogP) is 9.02. The van der Waals surface area contributed by atoms with Crippen molar-refractivity contribution in [2.75, 3.05) is 6.61 Å². The minimum atomic E-state index is 0.881. The molecule has 0 amide bonds. The van der Waals surface area contributed by atoms with Gasteiger partial charge in [-0.1, -0.05) is 103 Å². The molecule has 2 nitrogen and oxygen atoms in total. The molecule has 0 rings (SSSR count). The van der Waals surface area contributed by atoms with Crippen LogP contribution in [-0.2, 0) is 4.74 Å². The van der Waals surface area contributed by atoms with E-state index in [-0.39, 0.29) is 0 Å². The maximum atomic E-state index is 8.54. The van der Waals surface area contributed by atoms with Crippen LogP contribution in [0.4, 0.5) is 0 Å². The average molecular weight is 381 g/mol. The molecule has 0 aliphatic carbocycles. The van der Waals surface area contributed by atoms with Crippen molar-refractivity contribution < 1.29 is 9.84 Å². The number of rotatable bonds is 22. The zero-order valence-electron chi connectivity index (χ0n) is 18.3. The van der Waals surface area contributed by atoms with Crippen molar-refractivity contribution in [2.24, 2.45) is 0 Å². The molecule has 0 aromatic carbocycles. The molecule has 0 fully saturated rings. The molecule has 27 heavy (non-hydrogen) atoms. The Balaban J connectivity index is 3.06. The lowest BCUT2D eigenvalue weighted by Crippen LogP contribution is -1.88. The van der Waals surface area contributed by atoms with Gasteiger partial charge in [-0.05, 0) is 38.2 Å².